The van der Waals surface area contributed by atoms with Crippen LogP contribution in [0.4, 0.5) is 20.4 Å². The van der Waals surface area contributed by atoms with Crippen LogP contribution in [-0.2, 0) is 10.0 Å². The lowest BCUT2D eigenvalue weighted by atomic mass is 9.78. The van der Waals surface area contributed by atoms with Gasteiger partial charge in [-0.15, -0.1) is 0 Å². The number of anilines is 2. The quantitative estimate of drug-likeness (QED) is 0.645. The third-order valence-electron chi connectivity index (χ3n) is 8.05. The van der Waals surface area contributed by atoms with E-state index in [4.69, 9.17) is 4.98 Å². The number of nitrogens with one attached hydrogen (secondary N) is 1. The van der Waals surface area contributed by atoms with Gasteiger partial charge < -0.3 is 15.1 Å². The zero-order valence-corrected chi connectivity index (χ0v) is 20.8. The van der Waals surface area contributed by atoms with E-state index in [9.17, 15) is 17.2 Å². The summed E-state index contributed by atoms with van der Waals surface area (Å²) in [5.41, 5.74) is 1.66. The fourth-order valence-corrected chi connectivity index (χ4v) is 7.82. The molecule has 190 valence electrons. The molecule has 0 unspecified atom stereocenters. The fourth-order valence-electron chi connectivity index (χ4n) is 5.95. The molecule has 6 rings (SSSR count). The predicted octanol–water partition coefficient (Wildman–Crippen LogP) is 3.08. The number of alkyl halides is 2. The summed E-state index contributed by atoms with van der Waals surface area (Å²) in [6, 6.07) is 3.13. The number of fused-ring (bicyclic) bond motifs is 1. The topological polar surface area (TPSA) is 81.7 Å². The Balaban J connectivity index is 1.20. The van der Waals surface area contributed by atoms with E-state index < -0.39 is 16.4 Å². The molecular formula is C24H32F2N6O2S. The van der Waals surface area contributed by atoms with E-state index in [1.807, 2.05) is 0 Å². The molecule has 1 aliphatic carbocycles. The van der Waals surface area contributed by atoms with Gasteiger partial charge >= 0.3 is 0 Å². The Kier molecular flexibility index (Phi) is 5.65. The SMILES string of the molecule is CN1CCC2(C1)CN(c1cc(C(F)F)cc3cnc(NC4CCN(S(=O)(=O)C5CC5)CC4)nc13)C2. The molecule has 4 heterocycles. The van der Waals surface area contributed by atoms with Gasteiger partial charge in [0.15, 0.2) is 0 Å². The molecule has 0 atom stereocenters. The molecule has 4 fully saturated rings. The Morgan fingerprint density at radius 1 is 1.09 bits per heavy atom. The van der Waals surface area contributed by atoms with E-state index in [0.29, 0.717) is 42.8 Å². The molecule has 1 aromatic heterocycles. The van der Waals surface area contributed by atoms with Gasteiger partial charge in [-0.2, -0.15) is 0 Å². The first-order chi connectivity index (χ1) is 16.7. The van der Waals surface area contributed by atoms with Gasteiger partial charge in [0, 0.05) is 61.3 Å². The van der Waals surface area contributed by atoms with Gasteiger partial charge in [-0.25, -0.2) is 31.5 Å². The smallest absolute Gasteiger partial charge is 0.263 e. The number of sulfonamides is 1. The third kappa shape index (κ3) is 4.35. The van der Waals surface area contributed by atoms with Crippen molar-refractivity contribution >= 4 is 32.6 Å². The van der Waals surface area contributed by atoms with Gasteiger partial charge in [-0.1, -0.05) is 0 Å². The standard InChI is InChI=1S/C24H32F2N6O2S/c1-30-9-6-24(13-30)14-31(15-24)20-11-16(22(25)26)10-17-12-27-23(29-21(17)20)28-18-4-7-32(8-5-18)35(33,34)19-2-3-19/h10-12,18-19,22H,2-9,13-15H2,1H3,(H,27,28,29). The summed E-state index contributed by atoms with van der Waals surface area (Å²) in [4.78, 5) is 13.7. The molecule has 0 bridgehead atoms. The van der Waals surface area contributed by atoms with Gasteiger partial charge in [0.05, 0.1) is 16.5 Å². The van der Waals surface area contributed by atoms with Gasteiger partial charge in [0.2, 0.25) is 16.0 Å². The molecule has 4 aliphatic rings. The summed E-state index contributed by atoms with van der Waals surface area (Å²) >= 11 is 0. The molecule has 3 aliphatic heterocycles. The van der Waals surface area contributed by atoms with Crippen molar-refractivity contribution in [2.24, 2.45) is 5.41 Å². The van der Waals surface area contributed by atoms with Gasteiger partial charge in [-0.3, -0.25) is 0 Å². The Morgan fingerprint density at radius 2 is 1.83 bits per heavy atom. The summed E-state index contributed by atoms with van der Waals surface area (Å²) in [5.74, 6) is 0.461. The van der Waals surface area contributed by atoms with Crippen molar-refractivity contribution in [2.75, 3.05) is 56.5 Å². The average Bonchev–Trinajstić information content (AvgIpc) is 3.60. The van der Waals surface area contributed by atoms with Crippen molar-refractivity contribution in [1.29, 1.82) is 0 Å². The van der Waals surface area contributed by atoms with Crippen LogP contribution < -0.4 is 10.2 Å². The minimum absolute atomic E-state index is 0.00876. The van der Waals surface area contributed by atoms with E-state index in [2.05, 4.69) is 27.1 Å². The molecule has 11 heteroatoms. The van der Waals surface area contributed by atoms with Crippen molar-refractivity contribution in [3.8, 4) is 0 Å². The molecule has 1 spiro atoms. The first-order valence-corrected chi connectivity index (χ1v) is 14.0. The third-order valence-corrected chi connectivity index (χ3v) is 10.5. The van der Waals surface area contributed by atoms with Crippen molar-refractivity contribution in [2.45, 2.75) is 49.8 Å². The Bertz CT molecular complexity index is 1220. The second kappa shape index (κ2) is 8.48. The van der Waals surface area contributed by atoms with E-state index >= 15 is 0 Å². The van der Waals surface area contributed by atoms with Crippen LogP contribution in [0.1, 0.15) is 44.1 Å². The number of aromatic nitrogens is 2. The highest BCUT2D eigenvalue weighted by Gasteiger charge is 2.47. The van der Waals surface area contributed by atoms with E-state index in [1.54, 1.807) is 16.6 Å². The molecule has 2 aromatic rings. The molecule has 3 saturated heterocycles. The number of nitrogens with zero attached hydrogens (tertiary/aromatic N) is 5. The fraction of sp³-hybridized carbons (Fsp3) is 0.667. The van der Waals surface area contributed by atoms with Crippen LogP contribution in [0.25, 0.3) is 10.9 Å². The minimum Gasteiger partial charge on any atom is -0.368 e. The van der Waals surface area contributed by atoms with Crippen LogP contribution in [0.15, 0.2) is 18.3 Å². The molecule has 8 nitrogen and oxygen atoms in total. The Hall–Kier alpha value is -2.11. The molecule has 0 amide bonds. The number of hydrogen-bond donors (Lipinski definition) is 1. The minimum atomic E-state index is -3.15. The lowest BCUT2D eigenvalue weighted by Crippen LogP contribution is -2.57. The van der Waals surface area contributed by atoms with Crippen molar-refractivity contribution in [1.82, 2.24) is 19.2 Å². The number of benzene rings is 1. The van der Waals surface area contributed by atoms with Crippen LogP contribution in [0.3, 0.4) is 0 Å². The summed E-state index contributed by atoms with van der Waals surface area (Å²) in [5, 5.41) is 3.79. The first-order valence-electron chi connectivity index (χ1n) is 12.5. The normalized spacial score (nSPS) is 23.9. The lowest BCUT2D eigenvalue weighted by Gasteiger charge is -2.49. The van der Waals surface area contributed by atoms with Crippen molar-refractivity contribution in [3.05, 3.63) is 23.9 Å². The van der Waals surface area contributed by atoms with Gasteiger partial charge in [-0.05, 0) is 57.8 Å². The number of piperidine rings is 1. The van der Waals surface area contributed by atoms with E-state index in [-0.39, 0.29) is 22.3 Å². The van der Waals surface area contributed by atoms with Crippen LogP contribution >= 0.6 is 0 Å². The van der Waals surface area contributed by atoms with Crippen molar-refractivity contribution in [3.63, 3.8) is 0 Å². The maximum atomic E-state index is 13.6. The van der Waals surface area contributed by atoms with Gasteiger partial charge in [0.25, 0.3) is 6.43 Å². The number of likely N-dealkylation sites (tertiary alicyclic amines) is 1. The van der Waals surface area contributed by atoms with Crippen molar-refractivity contribution < 1.29 is 17.2 Å². The number of halogens is 2. The monoisotopic (exact) mass is 506 g/mol. The highest BCUT2D eigenvalue weighted by Crippen LogP contribution is 2.44. The highest BCUT2D eigenvalue weighted by molar-refractivity contribution is 7.90. The average molecular weight is 507 g/mol. The zero-order valence-electron chi connectivity index (χ0n) is 20.0. The van der Waals surface area contributed by atoms with Crippen LogP contribution in [0.2, 0.25) is 0 Å². The van der Waals surface area contributed by atoms with Crippen LogP contribution in [0.5, 0.6) is 0 Å². The molecule has 1 saturated carbocycles. The summed E-state index contributed by atoms with van der Waals surface area (Å²) in [6.07, 6.45) is 3.11. The maximum absolute atomic E-state index is 13.6. The Labute approximate surface area is 204 Å². The number of rotatable bonds is 6. The second-order valence-electron chi connectivity index (χ2n) is 10.9. The molecule has 1 aromatic carbocycles. The summed E-state index contributed by atoms with van der Waals surface area (Å²) in [7, 11) is -1.02. The largest absolute Gasteiger partial charge is 0.368 e. The Morgan fingerprint density at radius 3 is 2.46 bits per heavy atom. The molecule has 0 radical (unpaired) electrons. The van der Waals surface area contributed by atoms with E-state index in [1.165, 1.54) is 6.07 Å². The summed E-state index contributed by atoms with van der Waals surface area (Å²) < 4.78 is 53.9. The van der Waals surface area contributed by atoms with Crippen LogP contribution in [-0.4, -0.2) is 85.2 Å². The maximum Gasteiger partial charge on any atom is 0.263 e. The molecular weight excluding hydrogens is 474 g/mol. The molecule has 1 N–H and O–H groups in total. The predicted molar refractivity (Wildman–Crippen MR) is 131 cm³/mol. The second-order valence-corrected chi connectivity index (χ2v) is 13.1. The zero-order chi connectivity index (χ0) is 24.4. The van der Waals surface area contributed by atoms with Gasteiger partial charge in [0.1, 0.15) is 0 Å². The number of hydrogen-bond acceptors (Lipinski definition) is 7. The molecule has 35 heavy (non-hydrogen) atoms. The first kappa shape index (κ1) is 23.3. The lowest BCUT2D eigenvalue weighted by molar-refractivity contribution is 0.151. The van der Waals surface area contributed by atoms with Crippen LogP contribution in [0, 0.1) is 5.41 Å². The highest BCUT2D eigenvalue weighted by atomic mass is 32.2. The summed E-state index contributed by atoms with van der Waals surface area (Å²) in [6.45, 7) is 4.80. The van der Waals surface area contributed by atoms with E-state index in [0.717, 1.165) is 51.1 Å².